The molecule has 0 aromatic heterocycles. The van der Waals surface area contributed by atoms with E-state index in [1.807, 2.05) is 70.2 Å². The smallest absolute Gasteiger partial charge is 0.247 e. The Balaban J connectivity index is 0.00000648. The van der Waals surface area contributed by atoms with E-state index >= 15 is 0 Å². The summed E-state index contributed by atoms with van der Waals surface area (Å²) >= 11 is 0. The molecule has 9 heteroatoms. The summed E-state index contributed by atoms with van der Waals surface area (Å²) in [4.78, 5) is 39.5. The zero-order chi connectivity index (χ0) is 25.8. The molecule has 1 aliphatic rings. The molecule has 1 aromatic carbocycles. The molecule has 4 N–H and O–H groups in total. The van der Waals surface area contributed by atoms with Gasteiger partial charge in [0, 0.05) is 13.1 Å². The molecule has 0 aliphatic carbocycles. The van der Waals surface area contributed by atoms with Gasteiger partial charge in [-0.2, -0.15) is 0 Å². The highest BCUT2D eigenvalue weighted by molar-refractivity contribution is 5.89. The van der Waals surface area contributed by atoms with Crippen molar-refractivity contribution in [2.45, 2.75) is 53.4 Å². The molecule has 1 fully saturated rings. The number of nitrogens with zero attached hydrogens (tertiary/aromatic N) is 1. The van der Waals surface area contributed by atoms with Crippen LogP contribution < -0.4 is 16.2 Å². The minimum atomic E-state index is -0.783. The summed E-state index contributed by atoms with van der Waals surface area (Å²) in [5, 5.41) is 14.1. The van der Waals surface area contributed by atoms with Crippen molar-refractivity contribution in [3.63, 3.8) is 0 Å². The Kier molecular flexibility index (Phi) is 14.4. The summed E-state index contributed by atoms with van der Waals surface area (Å²) in [5.74, 6) is -2.48. The molecule has 1 unspecified atom stereocenters. The van der Waals surface area contributed by atoms with E-state index in [-0.39, 0.29) is 48.4 Å². The second kappa shape index (κ2) is 16.3. The van der Waals surface area contributed by atoms with Gasteiger partial charge in [0.1, 0.15) is 0 Å². The van der Waals surface area contributed by atoms with Gasteiger partial charge in [-0.1, -0.05) is 70.2 Å². The molecular weight excluding hydrogens is 480 g/mol. The number of rotatable bonds is 11. The number of nitrogens with one attached hydrogen (secondary N) is 3. The number of hydrogen-bond donors (Lipinski definition) is 4. The summed E-state index contributed by atoms with van der Waals surface area (Å²) in [6.45, 7) is 9.84. The molecule has 3 amide bonds. The molecule has 202 valence electrons. The largest absolute Gasteiger partial charge is 0.316 e. The lowest BCUT2D eigenvalue weighted by molar-refractivity contribution is -0.150. The summed E-state index contributed by atoms with van der Waals surface area (Å²) < 4.78 is 0. The molecular formula is C27H43ClN4O4. The molecule has 2 rings (SSSR count). The highest BCUT2D eigenvalue weighted by Gasteiger charge is 2.36. The van der Waals surface area contributed by atoms with Crippen LogP contribution in [0.5, 0.6) is 0 Å². The number of halogens is 1. The van der Waals surface area contributed by atoms with Crippen molar-refractivity contribution in [1.29, 1.82) is 0 Å². The van der Waals surface area contributed by atoms with Gasteiger partial charge < -0.3 is 5.32 Å². The van der Waals surface area contributed by atoms with Crippen LogP contribution in [0.25, 0.3) is 6.08 Å². The number of piperidine rings is 1. The fraction of sp³-hybridized carbons (Fsp3) is 0.593. The minimum absolute atomic E-state index is 0. The van der Waals surface area contributed by atoms with Crippen molar-refractivity contribution in [2.24, 2.45) is 29.6 Å². The average molecular weight is 523 g/mol. The topological polar surface area (TPSA) is 111 Å². The highest BCUT2D eigenvalue weighted by atomic mass is 35.5. The third-order valence-electron chi connectivity index (χ3n) is 6.20. The van der Waals surface area contributed by atoms with Crippen LogP contribution >= 0.6 is 12.4 Å². The normalized spacial score (nSPS) is 17.4. The van der Waals surface area contributed by atoms with Crippen LogP contribution in [0.15, 0.2) is 36.4 Å². The van der Waals surface area contributed by atoms with Gasteiger partial charge >= 0.3 is 0 Å². The van der Waals surface area contributed by atoms with Crippen LogP contribution in [-0.2, 0) is 14.4 Å². The van der Waals surface area contributed by atoms with Gasteiger partial charge in [0.2, 0.25) is 17.7 Å². The molecule has 8 nitrogen and oxygen atoms in total. The zero-order valence-corrected chi connectivity index (χ0v) is 22.7. The predicted molar refractivity (Wildman–Crippen MR) is 144 cm³/mol. The lowest BCUT2D eigenvalue weighted by Crippen LogP contribution is -2.55. The van der Waals surface area contributed by atoms with Gasteiger partial charge in [-0.25, -0.2) is 5.48 Å². The molecule has 1 saturated heterocycles. The monoisotopic (exact) mass is 522 g/mol. The molecule has 1 heterocycles. The first-order valence-electron chi connectivity index (χ1n) is 12.7. The van der Waals surface area contributed by atoms with Crippen LogP contribution in [-0.4, -0.2) is 47.6 Å². The number of hydrogen-bond acceptors (Lipinski definition) is 5. The third kappa shape index (κ3) is 10.3. The van der Waals surface area contributed by atoms with Crippen molar-refractivity contribution < 1.29 is 19.6 Å². The van der Waals surface area contributed by atoms with E-state index in [1.54, 1.807) is 5.48 Å². The fourth-order valence-electron chi connectivity index (χ4n) is 4.47. The Bertz CT molecular complexity index is 841. The standard InChI is InChI=1S/C27H42N4O4.ClH/c1-19(2)16-24(23(26(33)30-35)14-8-12-21-10-6-5-7-11-21)25(32)29-31(18-20(3)4)27(34)22-13-9-15-28-17-22;/h5-8,10-12,19-20,22-24,28,35H,9,13-18H2,1-4H3,(H,29,32)(H,30,33);1H/b12-8+;/t22?,23-,24+;/m0./s1. The van der Waals surface area contributed by atoms with Gasteiger partial charge in [-0.05, 0) is 49.6 Å². The molecule has 0 saturated carbocycles. The Morgan fingerprint density at radius 1 is 1.08 bits per heavy atom. The van der Waals surface area contributed by atoms with Crippen LogP contribution in [0.4, 0.5) is 0 Å². The van der Waals surface area contributed by atoms with Crippen LogP contribution in [0.3, 0.4) is 0 Å². The van der Waals surface area contributed by atoms with E-state index in [1.165, 1.54) is 5.01 Å². The van der Waals surface area contributed by atoms with Crippen molar-refractivity contribution in [3.8, 4) is 0 Å². The first-order chi connectivity index (χ1) is 16.7. The number of allylic oxidation sites excluding steroid dienone is 1. The van der Waals surface area contributed by atoms with Gasteiger partial charge in [0.15, 0.2) is 0 Å². The lowest BCUT2D eigenvalue weighted by Gasteiger charge is -2.33. The Hall–Kier alpha value is -2.42. The second-order valence-electron chi connectivity index (χ2n) is 10.2. The quantitative estimate of drug-likeness (QED) is 0.261. The SMILES string of the molecule is CC(C)C[C@@H](C(=O)NN(CC(C)C)C(=O)C1CCCNC1)[C@H](C/C=C/c1ccccc1)C(=O)NO.Cl. The highest BCUT2D eigenvalue weighted by Crippen LogP contribution is 2.26. The van der Waals surface area contributed by atoms with E-state index in [9.17, 15) is 19.6 Å². The van der Waals surface area contributed by atoms with Gasteiger partial charge in [0.25, 0.3) is 0 Å². The van der Waals surface area contributed by atoms with E-state index in [2.05, 4.69) is 10.7 Å². The first kappa shape index (κ1) is 31.6. The number of carbonyl (C=O) groups is 3. The molecule has 0 bridgehead atoms. The second-order valence-corrected chi connectivity index (χ2v) is 10.2. The van der Waals surface area contributed by atoms with Gasteiger partial charge in [-0.15, -0.1) is 12.4 Å². The van der Waals surface area contributed by atoms with E-state index < -0.39 is 17.7 Å². The molecule has 3 atom stereocenters. The maximum Gasteiger partial charge on any atom is 0.247 e. The summed E-state index contributed by atoms with van der Waals surface area (Å²) in [7, 11) is 0. The predicted octanol–water partition coefficient (Wildman–Crippen LogP) is 3.81. The molecule has 1 aliphatic heterocycles. The van der Waals surface area contributed by atoms with Crippen LogP contribution in [0.2, 0.25) is 0 Å². The zero-order valence-electron chi connectivity index (χ0n) is 21.9. The van der Waals surface area contributed by atoms with Gasteiger partial charge in [0.05, 0.1) is 17.8 Å². The first-order valence-corrected chi connectivity index (χ1v) is 12.7. The molecule has 36 heavy (non-hydrogen) atoms. The molecule has 1 aromatic rings. The maximum atomic E-state index is 13.5. The minimum Gasteiger partial charge on any atom is -0.316 e. The lowest BCUT2D eigenvalue weighted by atomic mass is 9.82. The number of hydrazine groups is 1. The van der Waals surface area contributed by atoms with Crippen molar-refractivity contribution >= 4 is 36.2 Å². The van der Waals surface area contributed by atoms with Crippen molar-refractivity contribution in [1.82, 2.24) is 21.2 Å². The summed E-state index contributed by atoms with van der Waals surface area (Å²) in [6, 6.07) is 9.68. The van der Waals surface area contributed by atoms with Gasteiger partial charge in [-0.3, -0.25) is 30.0 Å². The number of amides is 3. The van der Waals surface area contributed by atoms with E-state index in [4.69, 9.17) is 0 Å². The Labute approximate surface area is 221 Å². The van der Waals surface area contributed by atoms with Crippen LogP contribution in [0, 0.1) is 29.6 Å². The fourth-order valence-corrected chi connectivity index (χ4v) is 4.47. The molecule has 0 spiro atoms. The number of benzene rings is 1. The summed E-state index contributed by atoms with van der Waals surface area (Å²) in [5.41, 5.74) is 5.57. The molecule has 0 radical (unpaired) electrons. The summed E-state index contributed by atoms with van der Waals surface area (Å²) in [6.07, 6.45) is 6.16. The van der Waals surface area contributed by atoms with E-state index in [0.29, 0.717) is 19.5 Å². The van der Waals surface area contributed by atoms with Crippen molar-refractivity contribution in [2.75, 3.05) is 19.6 Å². The Morgan fingerprint density at radius 2 is 1.78 bits per heavy atom. The third-order valence-corrected chi connectivity index (χ3v) is 6.20. The van der Waals surface area contributed by atoms with Crippen molar-refractivity contribution in [3.05, 3.63) is 42.0 Å². The number of hydroxylamine groups is 1. The average Bonchev–Trinajstić information content (AvgIpc) is 2.85. The van der Waals surface area contributed by atoms with Crippen LogP contribution in [0.1, 0.15) is 58.9 Å². The Morgan fingerprint density at radius 3 is 2.33 bits per heavy atom. The number of carbonyl (C=O) groups excluding carboxylic acids is 3. The van der Waals surface area contributed by atoms with E-state index in [0.717, 1.165) is 24.9 Å². The maximum absolute atomic E-state index is 13.5.